The summed E-state index contributed by atoms with van der Waals surface area (Å²) in [7, 11) is -4.24. The number of halogens is 1. The van der Waals surface area contributed by atoms with Crippen molar-refractivity contribution in [1.82, 2.24) is 4.72 Å². The lowest BCUT2D eigenvalue weighted by atomic mass is 10.2. The van der Waals surface area contributed by atoms with Crippen LogP contribution in [0.3, 0.4) is 0 Å². The highest BCUT2D eigenvalue weighted by Crippen LogP contribution is 2.35. The van der Waals surface area contributed by atoms with Gasteiger partial charge in [0.1, 0.15) is 36.6 Å². The minimum Gasteiger partial charge on any atom is -0.494 e. The fourth-order valence-electron chi connectivity index (χ4n) is 2.67. The molecule has 2 aromatic carbocycles. The average Bonchev–Trinajstić information content (AvgIpc) is 2.92. The van der Waals surface area contributed by atoms with Crippen molar-refractivity contribution in [1.29, 1.82) is 0 Å². The van der Waals surface area contributed by atoms with E-state index in [0.717, 1.165) is 6.07 Å². The van der Waals surface area contributed by atoms with E-state index in [1.54, 1.807) is 29.0 Å². The van der Waals surface area contributed by atoms with E-state index >= 15 is 0 Å². The van der Waals surface area contributed by atoms with Crippen LogP contribution < -0.4 is 18.5 Å². The Kier molecular flexibility index (Phi) is 5.50. The summed E-state index contributed by atoms with van der Waals surface area (Å²) in [4.78, 5) is 22.6. The molecule has 28 heavy (non-hydrogen) atoms. The Bertz CT molecular complexity index is 1010. The predicted octanol–water partition coefficient (Wildman–Crippen LogP) is 1.80. The first-order chi connectivity index (χ1) is 13.3. The Labute approximate surface area is 161 Å². The van der Waals surface area contributed by atoms with Crippen molar-refractivity contribution in [3.63, 3.8) is 0 Å². The summed E-state index contributed by atoms with van der Waals surface area (Å²) in [5.41, 5.74) is 0.249. The zero-order valence-electron chi connectivity index (χ0n) is 14.8. The molecule has 1 fully saturated rings. The van der Waals surface area contributed by atoms with Gasteiger partial charge in [-0.15, -0.1) is 0 Å². The summed E-state index contributed by atoms with van der Waals surface area (Å²) in [6, 6.07) is 9.05. The lowest BCUT2D eigenvalue weighted by Gasteiger charge is -2.20. The summed E-state index contributed by atoms with van der Waals surface area (Å²) in [5.74, 6) is -1.28. The molecule has 3 rings (SSSR count). The van der Waals surface area contributed by atoms with Crippen molar-refractivity contribution in [2.45, 2.75) is 13.5 Å². The highest BCUT2D eigenvalue weighted by atomic mass is 32.2. The molecule has 0 radical (unpaired) electrons. The van der Waals surface area contributed by atoms with Gasteiger partial charge in [0.2, 0.25) is 0 Å². The molecule has 148 valence electrons. The fourth-order valence-corrected chi connectivity index (χ4v) is 3.84. The average molecular weight is 408 g/mol. The van der Waals surface area contributed by atoms with Gasteiger partial charge in [-0.2, -0.15) is 8.42 Å². The maximum atomic E-state index is 14.6. The lowest BCUT2D eigenvalue weighted by Crippen LogP contribution is -2.30. The molecule has 0 bridgehead atoms. The molecule has 1 saturated heterocycles. The van der Waals surface area contributed by atoms with Crippen LogP contribution >= 0.6 is 0 Å². The topological polar surface area (TPSA) is 102 Å². The summed E-state index contributed by atoms with van der Waals surface area (Å²) in [6.07, 6.45) is 0.415. The molecule has 0 atom stereocenters. The van der Waals surface area contributed by atoms with Gasteiger partial charge in [0.15, 0.2) is 5.82 Å². The molecule has 0 saturated carbocycles. The predicted molar refractivity (Wildman–Crippen MR) is 98.1 cm³/mol. The van der Waals surface area contributed by atoms with Crippen molar-refractivity contribution in [3.05, 3.63) is 53.3 Å². The molecule has 10 heteroatoms. The Balaban J connectivity index is 1.92. The largest absolute Gasteiger partial charge is 0.494 e. The molecule has 1 aliphatic heterocycles. The van der Waals surface area contributed by atoms with Crippen LogP contribution in [0.2, 0.25) is 0 Å². The number of nitrogens with one attached hydrogen (secondary N) is 1. The number of carbonyl (C=O) groups is 2. The number of amides is 1. The Morgan fingerprint density at radius 1 is 1.21 bits per heavy atom. The van der Waals surface area contributed by atoms with Crippen LogP contribution in [0.1, 0.15) is 22.8 Å². The van der Waals surface area contributed by atoms with E-state index in [1.165, 1.54) is 6.07 Å². The first kappa shape index (κ1) is 19.6. The van der Waals surface area contributed by atoms with Gasteiger partial charge in [0.25, 0.3) is 5.91 Å². The molecular formula is C18H17FN2O6S. The number of hydrogen-bond donors (Lipinski definition) is 1. The van der Waals surface area contributed by atoms with Gasteiger partial charge in [-0.25, -0.2) is 13.4 Å². The molecule has 2 aromatic rings. The third-order valence-electron chi connectivity index (χ3n) is 3.89. The summed E-state index contributed by atoms with van der Waals surface area (Å²) in [5, 5.41) is 0. The van der Waals surface area contributed by atoms with Gasteiger partial charge in [-0.05, 0) is 36.8 Å². The van der Waals surface area contributed by atoms with Gasteiger partial charge in [0, 0.05) is 5.56 Å². The molecule has 1 amide bonds. The van der Waals surface area contributed by atoms with Gasteiger partial charge < -0.3 is 9.47 Å². The summed E-state index contributed by atoms with van der Waals surface area (Å²) >= 11 is 0. The first-order valence-corrected chi connectivity index (χ1v) is 9.74. The van der Waals surface area contributed by atoms with Crippen molar-refractivity contribution >= 4 is 28.1 Å². The number of carbonyl (C=O) groups excluding carboxylic acids is 2. The second-order valence-electron chi connectivity index (χ2n) is 5.87. The SMILES string of the molecule is CCOc1ccc(COc2cc(C=O)cc(F)c2N2CC(=O)NS2(=O)=O)cc1. The zero-order valence-corrected chi connectivity index (χ0v) is 15.7. The summed E-state index contributed by atoms with van der Waals surface area (Å²) in [6.45, 7) is 1.78. The normalized spacial score (nSPS) is 15.2. The van der Waals surface area contributed by atoms with Crippen molar-refractivity contribution in [2.75, 3.05) is 17.5 Å². The Morgan fingerprint density at radius 3 is 2.50 bits per heavy atom. The van der Waals surface area contributed by atoms with E-state index < -0.39 is 34.2 Å². The Hall–Kier alpha value is -3.14. The lowest BCUT2D eigenvalue weighted by molar-refractivity contribution is -0.117. The van der Waals surface area contributed by atoms with E-state index in [0.29, 0.717) is 28.5 Å². The van der Waals surface area contributed by atoms with E-state index in [2.05, 4.69) is 0 Å². The number of rotatable bonds is 7. The van der Waals surface area contributed by atoms with Crippen molar-refractivity contribution in [3.8, 4) is 11.5 Å². The molecule has 1 N–H and O–H groups in total. The number of aldehydes is 1. The van der Waals surface area contributed by atoms with Crippen LogP contribution in [0.4, 0.5) is 10.1 Å². The molecule has 0 aliphatic carbocycles. The minimum atomic E-state index is -4.24. The fraction of sp³-hybridized carbons (Fsp3) is 0.222. The van der Waals surface area contributed by atoms with Gasteiger partial charge in [-0.1, -0.05) is 12.1 Å². The molecule has 0 spiro atoms. The highest BCUT2D eigenvalue weighted by molar-refractivity contribution is 7.92. The smallest absolute Gasteiger partial charge is 0.326 e. The maximum absolute atomic E-state index is 14.6. The third kappa shape index (κ3) is 4.06. The number of ether oxygens (including phenoxy) is 2. The van der Waals surface area contributed by atoms with Gasteiger partial charge in [-0.3, -0.25) is 9.59 Å². The van der Waals surface area contributed by atoms with Gasteiger partial charge >= 0.3 is 10.2 Å². The third-order valence-corrected chi connectivity index (χ3v) is 5.26. The quantitative estimate of drug-likeness (QED) is 0.701. The number of hydrogen-bond acceptors (Lipinski definition) is 6. The van der Waals surface area contributed by atoms with Crippen LogP contribution in [0.25, 0.3) is 0 Å². The molecule has 8 nitrogen and oxygen atoms in total. The summed E-state index contributed by atoms with van der Waals surface area (Å²) < 4.78 is 52.1. The van der Waals surface area contributed by atoms with Crippen LogP contribution in [-0.4, -0.2) is 33.8 Å². The molecule has 1 heterocycles. The maximum Gasteiger partial charge on any atom is 0.326 e. The molecule has 1 aliphatic rings. The van der Waals surface area contributed by atoms with E-state index in [9.17, 15) is 22.4 Å². The van der Waals surface area contributed by atoms with Crippen molar-refractivity contribution in [2.24, 2.45) is 0 Å². The van der Waals surface area contributed by atoms with Crippen LogP contribution in [0.15, 0.2) is 36.4 Å². The van der Waals surface area contributed by atoms with Gasteiger partial charge in [0.05, 0.1) is 6.61 Å². The standard InChI is InChI=1S/C18H17FN2O6S/c1-2-26-14-5-3-12(4-6-14)11-27-16-8-13(10-22)7-15(19)18(16)21-9-17(23)20-28(21,24)25/h3-8,10H,2,9,11H2,1H3,(H,20,23). The number of benzene rings is 2. The highest BCUT2D eigenvalue weighted by Gasteiger charge is 2.37. The van der Waals surface area contributed by atoms with E-state index in [-0.39, 0.29) is 17.9 Å². The molecule has 0 aromatic heterocycles. The first-order valence-electron chi connectivity index (χ1n) is 8.30. The zero-order chi connectivity index (χ0) is 20.3. The molecule has 0 unspecified atom stereocenters. The minimum absolute atomic E-state index is 0.0174. The van der Waals surface area contributed by atoms with E-state index in [4.69, 9.17) is 9.47 Å². The van der Waals surface area contributed by atoms with Crippen molar-refractivity contribution < 1.29 is 31.9 Å². The van der Waals surface area contributed by atoms with E-state index in [1.807, 2.05) is 6.92 Å². The Morgan fingerprint density at radius 2 is 1.93 bits per heavy atom. The van der Waals surface area contributed by atoms with Crippen LogP contribution in [-0.2, 0) is 21.6 Å². The van der Waals surface area contributed by atoms with Crippen LogP contribution in [0.5, 0.6) is 11.5 Å². The number of anilines is 1. The number of nitrogens with zero attached hydrogens (tertiary/aromatic N) is 1. The second kappa shape index (κ2) is 7.85. The second-order valence-corrected chi connectivity index (χ2v) is 7.46. The molecular weight excluding hydrogens is 391 g/mol. The van der Waals surface area contributed by atoms with Crippen LogP contribution in [0, 0.1) is 5.82 Å². The monoisotopic (exact) mass is 408 g/mol.